The van der Waals surface area contributed by atoms with Gasteiger partial charge in [-0.1, -0.05) is 19.1 Å². The third kappa shape index (κ3) is 4.39. The molecule has 17 heavy (non-hydrogen) atoms. The van der Waals surface area contributed by atoms with Gasteiger partial charge in [0.2, 0.25) is 0 Å². The molecule has 1 aliphatic rings. The zero-order valence-electron chi connectivity index (χ0n) is 10.8. The minimum Gasteiger partial charge on any atom is -0.399 e. The maximum atomic E-state index is 5.66. The highest BCUT2D eigenvalue weighted by Gasteiger charge is 2.27. The van der Waals surface area contributed by atoms with E-state index in [-0.39, 0.29) is 0 Å². The van der Waals surface area contributed by atoms with Gasteiger partial charge in [-0.15, -0.1) is 0 Å². The molecule has 0 radical (unpaired) electrons. The van der Waals surface area contributed by atoms with Crippen LogP contribution in [0.5, 0.6) is 0 Å². The molecule has 1 unspecified atom stereocenters. The van der Waals surface area contributed by atoms with E-state index >= 15 is 0 Å². The van der Waals surface area contributed by atoms with Gasteiger partial charge in [-0.25, -0.2) is 0 Å². The van der Waals surface area contributed by atoms with Crippen molar-refractivity contribution < 1.29 is 0 Å². The molecule has 2 rings (SSSR count). The lowest BCUT2D eigenvalue weighted by Crippen LogP contribution is -2.23. The number of hydrogen-bond donors (Lipinski definition) is 2. The Labute approximate surface area is 105 Å². The Morgan fingerprint density at radius 2 is 2.00 bits per heavy atom. The minimum absolute atomic E-state index is 0.852. The van der Waals surface area contributed by atoms with Crippen molar-refractivity contribution in [1.82, 2.24) is 5.32 Å². The van der Waals surface area contributed by atoms with Gasteiger partial charge in [0.05, 0.1) is 0 Å². The van der Waals surface area contributed by atoms with Crippen molar-refractivity contribution in [2.24, 2.45) is 11.8 Å². The molecule has 0 aromatic heterocycles. The van der Waals surface area contributed by atoms with Crippen molar-refractivity contribution in [3.05, 3.63) is 29.8 Å². The van der Waals surface area contributed by atoms with Crippen LogP contribution in [-0.4, -0.2) is 13.1 Å². The maximum absolute atomic E-state index is 5.66. The minimum atomic E-state index is 0.852. The summed E-state index contributed by atoms with van der Waals surface area (Å²) in [4.78, 5) is 0. The summed E-state index contributed by atoms with van der Waals surface area (Å²) >= 11 is 0. The Morgan fingerprint density at radius 1 is 1.29 bits per heavy atom. The van der Waals surface area contributed by atoms with Crippen LogP contribution < -0.4 is 11.1 Å². The molecule has 2 nitrogen and oxygen atoms in total. The third-order valence-electron chi connectivity index (χ3n) is 3.69. The molecule has 94 valence electrons. The first-order valence-corrected chi connectivity index (χ1v) is 6.81. The number of nitrogens with one attached hydrogen (secondary N) is 1. The van der Waals surface area contributed by atoms with Gasteiger partial charge >= 0.3 is 0 Å². The molecule has 1 saturated carbocycles. The lowest BCUT2D eigenvalue weighted by atomic mass is 10.1. The van der Waals surface area contributed by atoms with Crippen LogP contribution in [0.2, 0.25) is 0 Å². The van der Waals surface area contributed by atoms with Crippen molar-refractivity contribution in [3.63, 3.8) is 0 Å². The van der Waals surface area contributed by atoms with Gasteiger partial charge in [-0.05, 0) is 68.3 Å². The smallest absolute Gasteiger partial charge is 0.0314 e. The molecule has 1 aromatic carbocycles. The van der Waals surface area contributed by atoms with Crippen LogP contribution in [0.3, 0.4) is 0 Å². The van der Waals surface area contributed by atoms with E-state index in [0.717, 1.165) is 30.5 Å². The summed E-state index contributed by atoms with van der Waals surface area (Å²) in [7, 11) is 0. The van der Waals surface area contributed by atoms with Crippen LogP contribution in [-0.2, 0) is 6.42 Å². The topological polar surface area (TPSA) is 38.0 Å². The van der Waals surface area contributed by atoms with Crippen molar-refractivity contribution in [3.8, 4) is 0 Å². The Balaban J connectivity index is 1.55. The van der Waals surface area contributed by atoms with Gasteiger partial charge in [0, 0.05) is 5.69 Å². The maximum Gasteiger partial charge on any atom is 0.0314 e. The second-order valence-electron chi connectivity index (χ2n) is 5.36. The van der Waals surface area contributed by atoms with Crippen LogP contribution in [0.4, 0.5) is 5.69 Å². The molecular formula is C15H24N2. The second-order valence-corrected chi connectivity index (χ2v) is 5.36. The Morgan fingerprint density at radius 3 is 2.65 bits per heavy atom. The lowest BCUT2D eigenvalue weighted by molar-refractivity contribution is 0.459. The molecule has 0 aliphatic heterocycles. The summed E-state index contributed by atoms with van der Waals surface area (Å²) in [6, 6.07) is 8.22. The number of nitrogen functional groups attached to an aromatic ring is 1. The number of rotatable bonds is 7. The fourth-order valence-corrected chi connectivity index (χ4v) is 2.26. The second kappa shape index (κ2) is 6.06. The summed E-state index contributed by atoms with van der Waals surface area (Å²) in [5, 5.41) is 3.56. The largest absolute Gasteiger partial charge is 0.399 e. The predicted octanol–water partition coefficient (Wildman–Crippen LogP) is 2.84. The fraction of sp³-hybridized carbons (Fsp3) is 0.600. The highest BCUT2D eigenvalue weighted by molar-refractivity contribution is 5.39. The lowest BCUT2D eigenvalue weighted by Gasteiger charge is -2.11. The summed E-state index contributed by atoms with van der Waals surface area (Å²) in [6.07, 6.45) is 5.26. The van der Waals surface area contributed by atoms with E-state index in [1.54, 1.807) is 0 Å². The summed E-state index contributed by atoms with van der Waals surface area (Å²) in [6.45, 7) is 4.68. The fourth-order valence-electron chi connectivity index (χ4n) is 2.26. The molecule has 0 spiro atoms. The normalized spacial score (nSPS) is 17.0. The van der Waals surface area contributed by atoms with E-state index in [1.165, 1.54) is 31.4 Å². The molecular weight excluding hydrogens is 208 g/mol. The summed E-state index contributed by atoms with van der Waals surface area (Å²) in [5.74, 6) is 1.88. The SMILES string of the molecule is CC(CNCCCc1ccc(N)cc1)C1CC1. The first kappa shape index (κ1) is 12.4. The molecule has 0 heterocycles. The first-order valence-electron chi connectivity index (χ1n) is 6.81. The van der Waals surface area contributed by atoms with Gasteiger partial charge in [0.15, 0.2) is 0 Å². The Hall–Kier alpha value is -1.02. The van der Waals surface area contributed by atoms with E-state index < -0.39 is 0 Å². The molecule has 2 heteroatoms. The molecule has 0 amide bonds. The van der Waals surface area contributed by atoms with E-state index in [4.69, 9.17) is 5.73 Å². The number of benzene rings is 1. The van der Waals surface area contributed by atoms with Crippen LogP contribution in [0.15, 0.2) is 24.3 Å². The number of anilines is 1. The van der Waals surface area contributed by atoms with E-state index in [9.17, 15) is 0 Å². The molecule has 1 aromatic rings. The molecule has 1 aliphatic carbocycles. The molecule has 1 fully saturated rings. The predicted molar refractivity (Wildman–Crippen MR) is 73.9 cm³/mol. The van der Waals surface area contributed by atoms with Crippen LogP contribution in [0, 0.1) is 11.8 Å². The molecule has 1 atom stereocenters. The third-order valence-corrected chi connectivity index (χ3v) is 3.69. The average molecular weight is 232 g/mol. The highest BCUT2D eigenvalue weighted by atomic mass is 14.9. The van der Waals surface area contributed by atoms with Crippen LogP contribution in [0.1, 0.15) is 31.7 Å². The van der Waals surface area contributed by atoms with Crippen molar-refractivity contribution in [2.45, 2.75) is 32.6 Å². The van der Waals surface area contributed by atoms with Gasteiger partial charge < -0.3 is 11.1 Å². The Bertz CT molecular complexity index is 327. The molecule has 3 N–H and O–H groups in total. The monoisotopic (exact) mass is 232 g/mol. The van der Waals surface area contributed by atoms with Crippen molar-refractivity contribution in [1.29, 1.82) is 0 Å². The van der Waals surface area contributed by atoms with Gasteiger partial charge in [-0.3, -0.25) is 0 Å². The van der Waals surface area contributed by atoms with Crippen LogP contribution in [0.25, 0.3) is 0 Å². The van der Waals surface area contributed by atoms with Crippen molar-refractivity contribution in [2.75, 3.05) is 18.8 Å². The quantitative estimate of drug-likeness (QED) is 0.560. The number of aryl methyl sites for hydroxylation is 1. The summed E-state index contributed by atoms with van der Waals surface area (Å²) in [5.41, 5.74) is 7.90. The zero-order valence-corrected chi connectivity index (χ0v) is 10.8. The van der Waals surface area contributed by atoms with E-state index in [0.29, 0.717) is 0 Å². The van der Waals surface area contributed by atoms with Crippen LogP contribution >= 0.6 is 0 Å². The first-order chi connectivity index (χ1) is 8.25. The highest BCUT2D eigenvalue weighted by Crippen LogP contribution is 2.35. The Kier molecular flexibility index (Phi) is 4.43. The molecule has 0 saturated heterocycles. The average Bonchev–Trinajstić information content (AvgIpc) is 3.15. The standard InChI is InChI=1S/C15H24N2/c1-12(14-6-7-14)11-17-10-2-3-13-4-8-15(16)9-5-13/h4-5,8-9,12,14,17H,2-3,6-7,10-11,16H2,1H3. The zero-order chi connectivity index (χ0) is 12.1. The van der Waals surface area contributed by atoms with Gasteiger partial charge in [-0.2, -0.15) is 0 Å². The van der Waals surface area contributed by atoms with E-state index in [1.807, 2.05) is 12.1 Å². The van der Waals surface area contributed by atoms with E-state index in [2.05, 4.69) is 24.4 Å². The van der Waals surface area contributed by atoms with Crippen molar-refractivity contribution >= 4 is 5.69 Å². The molecule has 0 bridgehead atoms. The summed E-state index contributed by atoms with van der Waals surface area (Å²) < 4.78 is 0. The van der Waals surface area contributed by atoms with Gasteiger partial charge in [0.25, 0.3) is 0 Å². The van der Waals surface area contributed by atoms with Gasteiger partial charge in [0.1, 0.15) is 0 Å². The number of hydrogen-bond acceptors (Lipinski definition) is 2. The number of nitrogens with two attached hydrogens (primary N) is 1.